The maximum atomic E-state index is 12.3. The van der Waals surface area contributed by atoms with E-state index in [1.807, 2.05) is 37.4 Å². The Balaban J connectivity index is 1.53. The molecule has 1 aromatic carbocycles. The van der Waals surface area contributed by atoms with Crippen molar-refractivity contribution in [2.45, 2.75) is 27.3 Å². The Morgan fingerprint density at radius 1 is 1.03 bits per heavy atom. The van der Waals surface area contributed by atoms with Crippen molar-refractivity contribution in [1.29, 1.82) is 0 Å². The first kappa shape index (κ1) is 21.7. The third kappa shape index (κ3) is 5.98. The highest BCUT2D eigenvalue weighted by Gasteiger charge is 2.12. The first-order chi connectivity index (χ1) is 14.3. The van der Waals surface area contributed by atoms with Gasteiger partial charge in [0.25, 0.3) is 5.91 Å². The normalized spacial score (nSPS) is 10.5. The van der Waals surface area contributed by atoms with Gasteiger partial charge in [-0.2, -0.15) is 0 Å². The average Bonchev–Trinajstić information content (AvgIpc) is 3.33. The van der Waals surface area contributed by atoms with Crippen LogP contribution in [-0.4, -0.2) is 29.3 Å². The number of thiazole rings is 1. The van der Waals surface area contributed by atoms with Gasteiger partial charge in [0.2, 0.25) is 11.8 Å². The number of hydrogen-bond acceptors (Lipinski definition) is 6. The van der Waals surface area contributed by atoms with Gasteiger partial charge in [0.1, 0.15) is 0 Å². The van der Waals surface area contributed by atoms with E-state index in [-0.39, 0.29) is 24.3 Å². The molecule has 2 heterocycles. The van der Waals surface area contributed by atoms with Gasteiger partial charge in [-0.3, -0.25) is 14.4 Å². The molecule has 156 valence electrons. The number of rotatable bonds is 7. The van der Waals surface area contributed by atoms with Crippen molar-refractivity contribution in [1.82, 2.24) is 15.6 Å². The molecule has 0 aliphatic rings. The van der Waals surface area contributed by atoms with Crippen LogP contribution in [0, 0.1) is 13.8 Å². The third-order valence-corrected chi connectivity index (χ3v) is 5.94. The lowest BCUT2D eigenvalue weighted by Crippen LogP contribution is -2.32. The van der Waals surface area contributed by atoms with E-state index in [0.717, 1.165) is 26.6 Å². The summed E-state index contributed by atoms with van der Waals surface area (Å²) in [6.45, 7) is 5.67. The summed E-state index contributed by atoms with van der Waals surface area (Å²) < 4.78 is 0. The minimum Gasteiger partial charge on any atom is -0.351 e. The number of amides is 3. The van der Waals surface area contributed by atoms with Crippen molar-refractivity contribution in [2.75, 3.05) is 11.9 Å². The molecule has 30 heavy (non-hydrogen) atoms. The fourth-order valence-corrected chi connectivity index (χ4v) is 4.51. The zero-order valence-corrected chi connectivity index (χ0v) is 18.5. The van der Waals surface area contributed by atoms with Gasteiger partial charge < -0.3 is 16.0 Å². The van der Waals surface area contributed by atoms with Crippen LogP contribution in [0.25, 0.3) is 10.6 Å². The highest BCUT2D eigenvalue weighted by Crippen LogP contribution is 2.30. The Hall–Kier alpha value is -3.04. The number of nitrogens with one attached hydrogen (secondary N) is 3. The molecule has 0 fully saturated rings. The van der Waals surface area contributed by atoms with E-state index < -0.39 is 0 Å². The maximum absolute atomic E-state index is 12.3. The smallest absolute Gasteiger partial charge is 0.251 e. The summed E-state index contributed by atoms with van der Waals surface area (Å²) in [6.07, 6.45) is 0. The third-order valence-electron chi connectivity index (χ3n) is 4.07. The topological polar surface area (TPSA) is 100 Å². The highest BCUT2D eigenvalue weighted by atomic mass is 32.1. The average molecular weight is 443 g/mol. The first-order valence-corrected chi connectivity index (χ1v) is 10.9. The number of aryl methyl sites for hydroxylation is 2. The van der Waals surface area contributed by atoms with Crippen LogP contribution in [0.2, 0.25) is 0 Å². The molecule has 0 bridgehead atoms. The molecule has 0 radical (unpaired) electrons. The fourth-order valence-electron chi connectivity index (χ4n) is 2.80. The van der Waals surface area contributed by atoms with E-state index in [1.54, 1.807) is 12.1 Å². The second-order valence-electron chi connectivity index (χ2n) is 6.82. The Bertz CT molecular complexity index is 1070. The number of hydrogen-bond donors (Lipinski definition) is 3. The molecule has 7 nitrogen and oxygen atoms in total. The number of benzene rings is 1. The van der Waals surface area contributed by atoms with Crippen LogP contribution in [0.15, 0.2) is 35.7 Å². The summed E-state index contributed by atoms with van der Waals surface area (Å²) >= 11 is 2.85. The minimum absolute atomic E-state index is 0.0757. The van der Waals surface area contributed by atoms with Gasteiger partial charge in [-0.15, -0.1) is 22.7 Å². The molecule has 0 unspecified atom stereocenters. The van der Waals surface area contributed by atoms with Crippen molar-refractivity contribution in [3.8, 4) is 10.6 Å². The number of carbonyl (C=O) groups is 3. The second-order valence-corrected chi connectivity index (χ2v) is 8.85. The first-order valence-electron chi connectivity index (χ1n) is 9.25. The van der Waals surface area contributed by atoms with Crippen LogP contribution in [0.1, 0.15) is 33.3 Å². The Morgan fingerprint density at radius 2 is 1.77 bits per heavy atom. The maximum Gasteiger partial charge on any atom is 0.251 e. The van der Waals surface area contributed by atoms with Gasteiger partial charge in [-0.1, -0.05) is 17.2 Å². The molecule has 3 amide bonds. The molecular weight excluding hydrogens is 420 g/mol. The summed E-state index contributed by atoms with van der Waals surface area (Å²) in [6, 6.07) is 9.44. The van der Waals surface area contributed by atoms with Gasteiger partial charge in [-0.25, -0.2) is 4.98 Å². The number of carbonyl (C=O) groups excluding carboxylic acids is 3. The number of aromatic nitrogens is 1. The van der Waals surface area contributed by atoms with Gasteiger partial charge >= 0.3 is 0 Å². The monoisotopic (exact) mass is 442 g/mol. The predicted molar refractivity (Wildman–Crippen MR) is 120 cm³/mol. The lowest BCUT2D eigenvalue weighted by atomic mass is 10.1. The fraction of sp³-hybridized carbons (Fsp3) is 0.238. The lowest BCUT2D eigenvalue weighted by molar-refractivity contribution is -0.119. The standard InChI is InChI=1S/C21H22N4O3S2/c1-12-6-13(2)8-15(7-12)20(28)23-10-19(27)25-21-24-17(11-29-21)18-5-4-16(30-18)9-22-14(3)26/h4-8,11H,9-10H2,1-3H3,(H,22,26)(H,23,28)(H,24,25,27). The van der Waals surface area contributed by atoms with Crippen molar-refractivity contribution in [2.24, 2.45) is 0 Å². The molecule has 0 atom stereocenters. The SMILES string of the molecule is CC(=O)NCc1ccc(-c2csc(NC(=O)CNC(=O)c3cc(C)cc(C)c3)n2)s1. The summed E-state index contributed by atoms with van der Waals surface area (Å²) in [7, 11) is 0. The predicted octanol–water partition coefficient (Wildman–Crippen LogP) is 3.49. The highest BCUT2D eigenvalue weighted by molar-refractivity contribution is 7.17. The van der Waals surface area contributed by atoms with Crippen molar-refractivity contribution in [3.05, 3.63) is 57.3 Å². The van der Waals surface area contributed by atoms with E-state index in [0.29, 0.717) is 17.2 Å². The molecule has 3 rings (SSSR count). The minimum atomic E-state index is -0.342. The molecule has 9 heteroatoms. The summed E-state index contributed by atoms with van der Waals surface area (Å²) in [4.78, 5) is 41.9. The molecular formula is C21H22N4O3S2. The van der Waals surface area contributed by atoms with E-state index in [4.69, 9.17) is 0 Å². The van der Waals surface area contributed by atoms with Crippen LogP contribution in [0.4, 0.5) is 5.13 Å². The van der Waals surface area contributed by atoms with Gasteiger partial charge in [0.15, 0.2) is 5.13 Å². The van der Waals surface area contributed by atoms with Crippen molar-refractivity contribution < 1.29 is 14.4 Å². The van der Waals surface area contributed by atoms with E-state index in [2.05, 4.69) is 20.9 Å². The molecule has 0 saturated carbocycles. The van der Waals surface area contributed by atoms with Crippen LogP contribution in [0.3, 0.4) is 0 Å². The van der Waals surface area contributed by atoms with Gasteiger partial charge in [-0.05, 0) is 38.1 Å². The quantitative estimate of drug-likeness (QED) is 0.521. The Morgan fingerprint density at radius 3 is 2.47 bits per heavy atom. The van der Waals surface area contributed by atoms with E-state index in [9.17, 15) is 14.4 Å². The van der Waals surface area contributed by atoms with E-state index in [1.165, 1.54) is 29.6 Å². The summed E-state index contributed by atoms with van der Waals surface area (Å²) in [5.41, 5.74) is 3.28. The molecule has 3 N–H and O–H groups in total. The van der Waals surface area contributed by atoms with E-state index >= 15 is 0 Å². The lowest BCUT2D eigenvalue weighted by Gasteiger charge is -2.07. The van der Waals surface area contributed by atoms with Gasteiger partial charge in [0, 0.05) is 22.7 Å². The van der Waals surface area contributed by atoms with Crippen LogP contribution in [-0.2, 0) is 16.1 Å². The number of thiophene rings is 1. The molecule has 0 aliphatic carbocycles. The Labute approximate surface area is 182 Å². The second kappa shape index (κ2) is 9.64. The van der Waals surface area contributed by atoms with Crippen LogP contribution < -0.4 is 16.0 Å². The van der Waals surface area contributed by atoms with Crippen LogP contribution in [0.5, 0.6) is 0 Å². The zero-order valence-electron chi connectivity index (χ0n) is 16.9. The molecule has 0 saturated heterocycles. The molecule has 3 aromatic rings. The Kier molecular flexibility index (Phi) is 6.96. The summed E-state index contributed by atoms with van der Waals surface area (Å²) in [5, 5.41) is 10.4. The molecule has 0 spiro atoms. The summed E-state index contributed by atoms with van der Waals surface area (Å²) in [5.74, 6) is -0.707. The number of nitrogens with zero attached hydrogens (tertiary/aromatic N) is 1. The van der Waals surface area contributed by atoms with Crippen LogP contribution >= 0.6 is 22.7 Å². The van der Waals surface area contributed by atoms with Crippen molar-refractivity contribution in [3.63, 3.8) is 0 Å². The zero-order chi connectivity index (χ0) is 21.7. The van der Waals surface area contributed by atoms with Gasteiger partial charge in [0.05, 0.1) is 23.7 Å². The number of anilines is 1. The van der Waals surface area contributed by atoms with Crippen molar-refractivity contribution >= 4 is 45.5 Å². The largest absolute Gasteiger partial charge is 0.351 e. The molecule has 0 aliphatic heterocycles. The molecule has 2 aromatic heterocycles.